The minimum Gasteiger partial charge on any atom is -0.366 e. The average Bonchev–Trinajstić information content (AvgIpc) is 2.88. The SMILES string of the molecule is NC(=O)c1ccccc1NC(=O)C(Sc1cccc(NC(=O)C2CCCCC2)c1)c1ccccc1. The normalized spacial score (nSPS) is 14.6. The van der Waals surface area contributed by atoms with Gasteiger partial charge in [0.25, 0.3) is 5.91 Å². The molecule has 1 fully saturated rings. The summed E-state index contributed by atoms with van der Waals surface area (Å²) < 4.78 is 0. The van der Waals surface area contributed by atoms with Crippen molar-refractivity contribution in [2.45, 2.75) is 42.2 Å². The van der Waals surface area contributed by atoms with Gasteiger partial charge >= 0.3 is 0 Å². The van der Waals surface area contributed by atoms with Gasteiger partial charge in [-0.3, -0.25) is 14.4 Å². The maximum absolute atomic E-state index is 13.4. The first-order valence-electron chi connectivity index (χ1n) is 11.8. The fourth-order valence-electron chi connectivity index (χ4n) is 4.30. The van der Waals surface area contributed by atoms with E-state index in [1.807, 2.05) is 54.6 Å². The first-order valence-corrected chi connectivity index (χ1v) is 12.7. The predicted octanol–water partition coefficient (Wildman–Crippen LogP) is 5.78. The fraction of sp³-hybridized carbons (Fsp3) is 0.250. The van der Waals surface area contributed by atoms with E-state index in [0.29, 0.717) is 5.69 Å². The van der Waals surface area contributed by atoms with E-state index in [4.69, 9.17) is 5.73 Å². The summed E-state index contributed by atoms with van der Waals surface area (Å²) in [4.78, 5) is 38.8. The molecule has 4 rings (SSSR count). The Hall–Kier alpha value is -3.58. The highest BCUT2D eigenvalue weighted by molar-refractivity contribution is 8.00. The number of nitrogens with two attached hydrogens (primary N) is 1. The number of hydrogen-bond acceptors (Lipinski definition) is 4. The van der Waals surface area contributed by atoms with Crippen LogP contribution in [0.25, 0.3) is 0 Å². The second kappa shape index (κ2) is 11.7. The van der Waals surface area contributed by atoms with Gasteiger partial charge in [-0.15, -0.1) is 11.8 Å². The van der Waals surface area contributed by atoms with Gasteiger partial charge in [0.15, 0.2) is 0 Å². The molecule has 180 valence electrons. The first kappa shape index (κ1) is 24.5. The van der Waals surface area contributed by atoms with E-state index in [2.05, 4.69) is 10.6 Å². The van der Waals surface area contributed by atoms with Crippen molar-refractivity contribution in [2.75, 3.05) is 10.6 Å². The lowest BCUT2D eigenvalue weighted by molar-refractivity contribution is -0.120. The smallest absolute Gasteiger partial charge is 0.250 e. The van der Waals surface area contributed by atoms with Crippen LogP contribution in [0.1, 0.15) is 53.3 Å². The number of carbonyl (C=O) groups is 3. The van der Waals surface area contributed by atoms with Crippen molar-refractivity contribution in [2.24, 2.45) is 11.7 Å². The van der Waals surface area contributed by atoms with E-state index in [1.54, 1.807) is 24.3 Å². The zero-order chi connectivity index (χ0) is 24.6. The number of benzene rings is 3. The second-order valence-corrected chi connectivity index (χ2v) is 9.84. The Labute approximate surface area is 209 Å². The highest BCUT2D eigenvalue weighted by Gasteiger charge is 2.24. The summed E-state index contributed by atoms with van der Waals surface area (Å²) in [5.41, 5.74) is 7.65. The number of rotatable bonds is 8. The molecule has 1 unspecified atom stereocenters. The van der Waals surface area contributed by atoms with Gasteiger partial charge in [-0.05, 0) is 48.7 Å². The van der Waals surface area contributed by atoms with E-state index >= 15 is 0 Å². The topological polar surface area (TPSA) is 101 Å². The van der Waals surface area contributed by atoms with Crippen LogP contribution in [0, 0.1) is 5.92 Å². The molecule has 1 aliphatic rings. The highest BCUT2D eigenvalue weighted by atomic mass is 32.2. The Morgan fingerprint density at radius 1 is 0.829 bits per heavy atom. The maximum Gasteiger partial charge on any atom is 0.250 e. The number of para-hydroxylation sites is 1. The Bertz CT molecular complexity index is 1190. The van der Waals surface area contributed by atoms with Gasteiger partial charge in [0.2, 0.25) is 11.8 Å². The highest BCUT2D eigenvalue weighted by Crippen LogP contribution is 2.37. The van der Waals surface area contributed by atoms with Gasteiger partial charge in [0.05, 0.1) is 11.3 Å². The van der Waals surface area contributed by atoms with Crippen molar-refractivity contribution in [1.29, 1.82) is 0 Å². The van der Waals surface area contributed by atoms with Crippen molar-refractivity contribution in [3.05, 3.63) is 90.0 Å². The lowest BCUT2D eigenvalue weighted by Gasteiger charge is -2.21. The number of amides is 3. The number of carbonyl (C=O) groups excluding carboxylic acids is 3. The van der Waals surface area contributed by atoms with Crippen molar-refractivity contribution < 1.29 is 14.4 Å². The third-order valence-corrected chi connectivity index (χ3v) is 7.37. The molecule has 0 bridgehead atoms. The Morgan fingerprint density at radius 3 is 2.29 bits per heavy atom. The molecule has 0 spiro atoms. The van der Waals surface area contributed by atoms with Crippen molar-refractivity contribution >= 4 is 40.9 Å². The summed E-state index contributed by atoms with van der Waals surface area (Å²) >= 11 is 1.38. The van der Waals surface area contributed by atoms with E-state index < -0.39 is 11.2 Å². The van der Waals surface area contributed by atoms with Gasteiger partial charge in [-0.1, -0.05) is 67.8 Å². The quantitative estimate of drug-likeness (QED) is 0.351. The van der Waals surface area contributed by atoms with Gasteiger partial charge in [-0.2, -0.15) is 0 Å². The molecule has 6 nitrogen and oxygen atoms in total. The Morgan fingerprint density at radius 2 is 1.54 bits per heavy atom. The van der Waals surface area contributed by atoms with Crippen molar-refractivity contribution in [3.63, 3.8) is 0 Å². The van der Waals surface area contributed by atoms with Crippen LogP contribution in [0.2, 0.25) is 0 Å². The largest absolute Gasteiger partial charge is 0.366 e. The average molecular weight is 488 g/mol. The summed E-state index contributed by atoms with van der Waals surface area (Å²) in [6, 6.07) is 23.7. The third-order valence-electron chi connectivity index (χ3n) is 6.12. The minimum atomic E-state index is -0.605. The van der Waals surface area contributed by atoms with Crippen LogP contribution in [-0.2, 0) is 9.59 Å². The monoisotopic (exact) mass is 487 g/mol. The molecule has 0 radical (unpaired) electrons. The zero-order valence-electron chi connectivity index (χ0n) is 19.4. The van der Waals surface area contributed by atoms with Crippen LogP contribution in [0.4, 0.5) is 11.4 Å². The Kier molecular flexibility index (Phi) is 8.21. The van der Waals surface area contributed by atoms with Crippen LogP contribution in [0.3, 0.4) is 0 Å². The summed E-state index contributed by atoms with van der Waals surface area (Å²) in [5.74, 6) is -0.752. The molecule has 1 saturated carbocycles. The molecule has 1 aliphatic carbocycles. The first-order chi connectivity index (χ1) is 17.0. The minimum absolute atomic E-state index is 0.0623. The van der Waals surface area contributed by atoms with Gasteiger partial charge in [0, 0.05) is 16.5 Å². The lowest BCUT2D eigenvalue weighted by atomic mass is 9.88. The molecule has 35 heavy (non-hydrogen) atoms. The lowest BCUT2D eigenvalue weighted by Crippen LogP contribution is -2.24. The fourth-order valence-corrected chi connectivity index (χ4v) is 5.38. The van der Waals surface area contributed by atoms with Crippen LogP contribution < -0.4 is 16.4 Å². The maximum atomic E-state index is 13.4. The molecular formula is C28H29N3O3S. The van der Waals surface area contributed by atoms with E-state index in [-0.39, 0.29) is 23.3 Å². The predicted molar refractivity (Wildman–Crippen MR) is 140 cm³/mol. The number of primary amides is 1. The molecule has 0 aliphatic heterocycles. The molecule has 0 saturated heterocycles. The standard InChI is InChI=1S/C28H29N3O3S/c29-26(32)23-16-7-8-17-24(23)31-28(34)25(19-10-3-1-4-11-19)35-22-15-9-14-21(18-22)30-27(33)20-12-5-2-6-13-20/h1,3-4,7-11,14-18,20,25H,2,5-6,12-13H2,(H2,29,32)(H,30,33)(H,31,34). The van der Waals surface area contributed by atoms with E-state index in [0.717, 1.165) is 41.8 Å². The molecule has 1 atom stereocenters. The van der Waals surface area contributed by atoms with Gasteiger partial charge < -0.3 is 16.4 Å². The Balaban J connectivity index is 1.53. The number of nitrogens with one attached hydrogen (secondary N) is 2. The van der Waals surface area contributed by atoms with E-state index in [9.17, 15) is 14.4 Å². The van der Waals surface area contributed by atoms with Crippen LogP contribution in [0.5, 0.6) is 0 Å². The molecule has 7 heteroatoms. The van der Waals surface area contributed by atoms with E-state index in [1.165, 1.54) is 18.2 Å². The molecule has 3 aromatic carbocycles. The summed E-state index contributed by atoms with van der Waals surface area (Å²) in [7, 11) is 0. The molecular weight excluding hydrogens is 458 g/mol. The van der Waals surface area contributed by atoms with Crippen LogP contribution in [0.15, 0.2) is 83.8 Å². The molecule has 3 aromatic rings. The third kappa shape index (κ3) is 6.51. The summed E-state index contributed by atoms with van der Waals surface area (Å²) in [5, 5.41) is 5.34. The van der Waals surface area contributed by atoms with Crippen LogP contribution in [-0.4, -0.2) is 17.7 Å². The van der Waals surface area contributed by atoms with Crippen molar-refractivity contribution in [3.8, 4) is 0 Å². The molecule has 3 amide bonds. The number of hydrogen-bond donors (Lipinski definition) is 3. The molecule has 0 heterocycles. The molecule has 4 N–H and O–H groups in total. The summed E-state index contributed by atoms with van der Waals surface area (Å²) in [6.45, 7) is 0. The van der Waals surface area contributed by atoms with Gasteiger partial charge in [0.1, 0.15) is 5.25 Å². The van der Waals surface area contributed by atoms with Crippen LogP contribution >= 0.6 is 11.8 Å². The molecule has 0 aromatic heterocycles. The second-order valence-electron chi connectivity index (χ2n) is 8.66. The van der Waals surface area contributed by atoms with Gasteiger partial charge in [-0.25, -0.2) is 0 Å². The summed E-state index contributed by atoms with van der Waals surface area (Å²) in [6.07, 6.45) is 5.26. The van der Waals surface area contributed by atoms with Crippen molar-refractivity contribution in [1.82, 2.24) is 0 Å². The zero-order valence-corrected chi connectivity index (χ0v) is 20.2. The number of thioether (sulfide) groups is 1. The number of anilines is 2.